The molecule has 0 saturated carbocycles. The van der Waals surface area contributed by atoms with Crippen molar-refractivity contribution in [1.29, 1.82) is 0 Å². The molecule has 24 heteroatoms. The predicted octanol–water partition coefficient (Wildman–Crippen LogP) is -8.26. The number of nitrogens with one attached hydrogen (secondary N) is 1. The van der Waals surface area contributed by atoms with Gasteiger partial charge in [-0.05, 0) is 0 Å². The van der Waals surface area contributed by atoms with E-state index in [2.05, 4.69) is 28.3 Å². The summed E-state index contributed by atoms with van der Waals surface area (Å²) >= 11 is 0. The van der Waals surface area contributed by atoms with E-state index in [4.69, 9.17) is 20.3 Å². The fraction of sp³-hybridized carbons (Fsp3) is 0.688. The Morgan fingerprint density at radius 1 is 1.07 bits per heavy atom. The molecule has 10 N–H and O–H groups in total. The number of aromatic nitrogens is 4. The maximum absolute atomic E-state index is 12.2. The molecule has 0 amide bonds. The van der Waals surface area contributed by atoms with Gasteiger partial charge in [-0.2, -0.15) is 4.98 Å². The number of aliphatic hydroxyl groups excluding tert-OH is 6. The van der Waals surface area contributed by atoms with Crippen LogP contribution in [-0.4, -0.2) is 117 Å². The molecular weight excluding hydrogens is 603 g/mol. The van der Waals surface area contributed by atoms with Gasteiger partial charge in [0.2, 0.25) is 5.95 Å². The number of imidazole rings is 1. The number of nitrogens with zero attached hydrogens (tertiary/aromatic N) is 3. The van der Waals surface area contributed by atoms with Gasteiger partial charge < -0.3 is 55.6 Å². The predicted molar refractivity (Wildman–Crippen MR) is 118 cm³/mol. The summed E-state index contributed by atoms with van der Waals surface area (Å²) < 4.78 is 48.6. The Morgan fingerprint density at radius 3 is 2.38 bits per heavy atom. The second-order valence-electron chi connectivity index (χ2n) is 8.42. The molecule has 21 nitrogen and oxygen atoms in total. The molecule has 11 atom stereocenters. The second-order valence-corrected chi connectivity index (χ2v) is 11.4. The first-order chi connectivity index (χ1) is 18.1. The number of hydrogen-bond acceptors (Lipinski definition) is 18. The van der Waals surface area contributed by atoms with Crippen molar-refractivity contribution in [3.63, 3.8) is 0 Å². The Balaban J connectivity index is 0.00000441. The number of aromatic amines is 1. The van der Waals surface area contributed by atoms with E-state index in [0.29, 0.717) is 0 Å². The smallest absolute Gasteiger partial charge is 0.756 e. The molecule has 2 aliphatic heterocycles. The Morgan fingerprint density at radius 2 is 1.73 bits per heavy atom. The van der Waals surface area contributed by atoms with Crippen LogP contribution in [0.5, 0.6) is 0 Å². The van der Waals surface area contributed by atoms with E-state index >= 15 is 0 Å². The van der Waals surface area contributed by atoms with Gasteiger partial charge in [-0.3, -0.25) is 28.0 Å². The molecule has 0 aliphatic carbocycles. The van der Waals surface area contributed by atoms with Crippen molar-refractivity contribution in [3.05, 3.63) is 16.7 Å². The number of anilines is 1. The van der Waals surface area contributed by atoms with Gasteiger partial charge in [-0.15, -0.1) is 0 Å². The molecule has 2 aromatic heterocycles. The fourth-order valence-electron chi connectivity index (χ4n) is 3.84. The molecule has 2 aromatic rings. The normalized spacial score (nSPS) is 35.6. The minimum Gasteiger partial charge on any atom is -0.756 e. The third kappa shape index (κ3) is 7.00. The van der Waals surface area contributed by atoms with E-state index < -0.39 is 89.7 Å². The van der Waals surface area contributed by atoms with Crippen molar-refractivity contribution in [1.82, 2.24) is 19.5 Å². The molecule has 0 aromatic carbocycles. The summed E-state index contributed by atoms with van der Waals surface area (Å²) in [5.74, 6) is -0.284. The number of H-pyrrole nitrogens is 1. The first-order valence-corrected chi connectivity index (χ1v) is 13.8. The Bertz CT molecular complexity index is 1340. The summed E-state index contributed by atoms with van der Waals surface area (Å²) in [6.45, 7) is -1.94. The van der Waals surface area contributed by atoms with Gasteiger partial charge in [-0.25, -0.2) is 13.9 Å². The zero-order valence-electron chi connectivity index (χ0n) is 20.3. The topological polar surface area (TPSA) is 335 Å². The summed E-state index contributed by atoms with van der Waals surface area (Å²) in [6.07, 6.45) is -15.2. The number of nitrogen functional groups attached to an aromatic ring is 1. The fourth-order valence-corrected chi connectivity index (χ4v) is 5.96. The molecule has 4 rings (SSSR count). The summed E-state index contributed by atoms with van der Waals surface area (Å²) in [7, 11) is -11.4. The Hall–Kier alpha value is -0.910. The SMILES string of the molecule is Nc1nc2c(ncn2C2OC(COP(=O)(O)OP(=O)([O-])OC3OC(CO)C(O)C(O)C3O)C(O)C2O)c(=O)[nH]1.[Na+]. The van der Waals surface area contributed by atoms with E-state index in [-0.39, 0.29) is 46.7 Å². The van der Waals surface area contributed by atoms with Gasteiger partial charge in [0.25, 0.3) is 13.4 Å². The Labute approximate surface area is 244 Å². The zero-order valence-corrected chi connectivity index (χ0v) is 24.1. The third-order valence-electron chi connectivity index (χ3n) is 5.75. The monoisotopic (exact) mass is 627 g/mol. The minimum absolute atomic E-state index is 0. The number of phosphoric acid groups is 2. The molecule has 4 heterocycles. The zero-order chi connectivity index (χ0) is 28.9. The number of ether oxygens (including phenoxy) is 2. The van der Waals surface area contributed by atoms with E-state index in [9.17, 15) is 49.2 Å². The standard InChI is InChI=1S/C16H25N5O16P2.Na/c17-16-19-12-6(13(28)20-16)18-3-21(12)14-10(26)8(24)5(34-14)2-33-38(29,30)37-39(31,32)36-15-11(27)9(25)7(23)4(1-22)35-15;/h3-5,7-11,14-15,22-27H,1-2H2,(H,29,30)(H,31,32)(H3,17,19,20,28);/q;+1/p-1. The van der Waals surface area contributed by atoms with Crippen LogP contribution in [0.2, 0.25) is 0 Å². The van der Waals surface area contributed by atoms with Crippen molar-refractivity contribution in [2.45, 2.75) is 55.2 Å². The third-order valence-corrected chi connectivity index (χ3v) is 8.32. The molecule has 0 spiro atoms. The summed E-state index contributed by atoms with van der Waals surface area (Å²) in [4.78, 5) is 43.9. The summed E-state index contributed by atoms with van der Waals surface area (Å²) in [6, 6.07) is 0. The maximum Gasteiger partial charge on any atom is 1.00 e. The first-order valence-electron chi connectivity index (χ1n) is 10.9. The van der Waals surface area contributed by atoms with E-state index in [1.807, 2.05) is 0 Å². The van der Waals surface area contributed by atoms with Gasteiger partial charge in [0.15, 0.2) is 23.7 Å². The van der Waals surface area contributed by atoms with Crippen LogP contribution in [0.3, 0.4) is 0 Å². The van der Waals surface area contributed by atoms with Gasteiger partial charge >= 0.3 is 37.4 Å². The van der Waals surface area contributed by atoms with Crippen LogP contribution in [0.1, 0.15) is 6.23 Å². The van der Waals surface area contributed by atoms with E-state index in [1.165, 1.54) is 0 Å². The van der Waals surface area contributed by atoms with Crippen LogP contribution in [-0.2, 0) is 32.0 Å². The molecule has 220 valence electrons. The average Bonchev–Trinajstić information content (AvgIpc) is 3.38. The molecule has 2 aliphatic rings. The number of rotatable bonds is 9. The number of nitrogens with two attached hydrogens (primary N) is 1. The molecule has 2 fully saturated rings. The van der Waals surface area contributed by atoms with Gasteiger partial charge in [0.1, 0.15) is 42.7 Å². The van der Waals surface area contributed by atoms with Crippen LogP contribution in [0.15, 0.2) is 11.1 Å². The molecular formula is C16H24N5NaO16P2. The minimum atomic E-state index is -5.85. The quantitative estimate of drug-likeness (QED) is 0.0920. The van der Waals surface area contributed by atoms with Gasteiger partial charge in [0.05, 0.1) is 19.5 Å². The van der Waals surface area contributed by atoms with Crippen molar-refractivity contribution in [2.24, 2.45) is 0 Å². The van der Waals surface area contributed by atoms with Crippen molar-refractivity contribution >= 4 is 32.8 Å². The maximum atomic E-state index is 12.2. The van der Waals surface area contributed by atoms with Crippen molar-refractivity contribution in [2.75, 3.05) is 18.9 Å². The first kappa shape index (κ1) is 33.6. The van der Waals surface area contributed by atoms with Crippen molar-refractivity contribution in [3.8, 4) is 0 Å². The van der Waals surface area contributed by atoms with Gasteiger partial charge in [-0.1, -0.05) is 0 Å². The van der Waals surface area contributed by atoms with Crippen LogP contribution in [0.25, 0.3) is 11.2 Å². The van der Waals surface area contributed by atoms with Crippen LogP contribution in [0.4, 0.5) is 5.95 Å². The van der Waals surface area contributed by atoms with Crippen LogP contribution in [0, 0.1) is 0 Å². The molecule has 2 saturated heterocycles. The molecule has 11 unspecified atom stereocenters. The number of fused-ring (bicyclic) bond motifs is 1. The molecule has 0 bridgehead atoms. The largest absolute Gasteiger partial charge is 1.00 e. The van der Waals surface area contributed by atoms with Crippen LogP contribution >= 0.6 is 15.6 Å². The number of aliphatic hydroxyl groups is 6. The molecule has 40 heavy (non-hydrogen) atoms. The summed E-state index contributed by atoms with van der Waals surface area (Å²) in [5, 5.41) is 59.1. The van der Waals surface area contributed by atoms with E-state index in [0.717, 1.165) is 10.9 Å². The Kier molecular flexibility index (Phi) is 10.7. The van der Waals surface area contributed by atoms with E-state index in [1.54, 1.807) is 0 Å². The average molecular weight is 627 g/mol. The van der Waals surface area contributed by atoms with Crippen LogP contribution < -0.4 is 45.7 Å². The number of hydrogen-bond donors (Lipinski definition) is 9. The molecule has 0 radical (unpaired) electrons. The number of phosphoric ester groups is 2. The summed E-state index contributed by atoms with van der Waals surface area (Å²) in [5.41, 5.74) is 4.52. The van der Waals surface area contributed by atoms with Gasteiger partial charge in [0, 0.05) is 0 Å². The second kappa shape index (κ2) is 12.8. The van der Waals surface area contributed by atoms with Crippen molar-refractivity contribution < 1.29 is 102 Å².